The summed E-state index contributed by atoms with van der Waals surface area (Å²) in [6, 6.07) is 0. The molecule has 0 radical (unpaired) electrons. The molecule has 1 rings (SSSR count). The minimum Gasteiger partial charge on any atom is -0.387 e. The van der Waals surface area contributed by atoms with Gasteiger partial charge in [-0.05, 0) is 27.0 Å². The van der Waals surface area contributed by atoms with Crippen molar-refractivity contribution in [2.24, 2.45) is 0 Å². The van der Waals surface area contributed by atoms with Crippen molar-refractivity contribution in [2.75, 3.05) is 35.7 Å². The van der Waals surface area contributed by atoms with Crippen LogP contribution in [-0.4, -0.2) is 50.7 Å². The van der Waals surface area contributed by atoms with E-state index < -0.39 is 10.5 Å². The van der Waals surface area contributed by atoms with Crippen molar-refractivity contribution < 1.29 is 10.0 Å². The van der Waals surface area contributed by atoms with Crippen molar-refractivity contribution in [1.82, 2.24) is 9.97 Å². The average Bonchev–Trinajstić information content (AvgIpc) is 2.35. The minimum absolute atomic E-state index is 0.116. The number of hydrogen-bond donors (Lipinski definition) is 3. The van der Waals surface area contributed by atoms with Crippen LogP contribution in [0.1, 0.15) is 19.5 Å². The van der Waals surface area contributed by atoms with Gasteiger partial charge in [0.05, 0.1) is 10.5 Å². The molecule has 0 saturated carbocycles. The Bertz CT molecular complexity index is 510. The Morgan fingerprint density at radius 1 is 1.43 bits per heavy atom. The molecule has 8 nitrogen and oxygen atoms in total. The molecule has 0 fully saturated rings. The van der Waals surface area contributed by atoms with Gasteiger partial charge in [-0.1, -0.05) is 0 Å². The summed E-state index contributed by atoms with van der Waals surface area (Å²) in [5.74, 6) is 0.954. The first-order valence-corrected chi connectivity index (χ1v) is 7.92. The van der Waals surface area contributed by atoms with Crippen LogP contribution in [0.5, 0.6) is 0 Å². The third-order valence-corrected chi connectivity index (χ3v) is 3.58. The van der Waals surface area contributed by atoms with Crippen molar-refractivity contribution in [1.29, 1.82) is 0 Å². The molecule has 0 aliphatic heterocycles. The zero-order valence-corrected chi connectivity index (χ0v) is 13.5. The Morgan fingerprint density at radius 3 is 2.62 bits per heavy atom. The van der Waals surface area contributed by atoms with Crippen LogP contribution in [0.25, 0.3) is 0 Å². The summed E-state index contributed by atoms with van der Waals surface area (Å²) in [4.78, 5) is 18.8. The third kappa shape index (κ3) is 5.01. The number of rotatable bonds is 8. The highest BCUT2D eigenvalue weighted by atomic mass is 32.2. The number of anilines is 2. The largest absolute Gasteiger partial charge is 0.387 e. The van der Waals surface area contributed by atoms with E-state index in [1.165, 1.54) is 11.8 Å². The predicted molar refractivity (Wildman–Crippen MR) is 85.1 cm³/mol. The lowest BCUT2D eigenvalue weighted by atomic mass is 10.1. The van der Waals surface area contributed by atoms with Gasteiger partial charge in [0.1, 0.15) is 5.69 Å². The van der Waals surface area contributed by atoms with Gasteiger partial charge in [0.2, 0.25) is 11.8 Å². The number of nitrogens with zero attached hydrogens (tertiary/aromatic N) is 3. The Morgan fingerprint density at radius 2 is 2.10 bits per heavy atom. The molecule has 21 heavy (non-hydrogen) atoms. The van der Waals surface area contributed by atoms with Gasteiger partial charge in [-0.25, -0.2) is 4.98 Å². The lowest BCUT2D eigenvalue weighted by Crippen LogP contribution is -2.36. The summed E-state index contributed by atoms with van der Waals surface area (Å²) in [7, 11) is 0. The first-order chi connectivity index (χ1) is 9.80. The van der Waals surface area contributed by atoms with Crippen LogP contribution in [0.4, 0.5) is 17.5 Å². The Labute approximate surface area is 127 Å². The van der Waals surface area contributed by atoms with Crippen LogP contribution in [0, 0.1) is 17.0 Å². The van der Waals surface area contributed by atoms with Gasteiger partial charge in [0.25, 0.3) is 0 Å². The first-order valence-electron chi connectivity index (χ1n) is 6.53. The molecular formula is C12H21N5O3S. The Hall–Kier alpha value is -1.61. The van der Waals surface area contributed by atoms with Crippen molar-refractivity contribution >= 4 is 29.2 Å². The zero-order chi connectivity index (χ0) is 16.0. The second-order valence-electron chi connectivity index (χ2n) is 4.90. The molecule has 1 aromatic heterocycles. The van der Waals surface area contributed by atoms with E-state index >= 15 is 0 Å². The summed E-state index contributed by atoms with van der Waals surface area (Å²) in [5.41, 5.74) is -0.876. The molecule has 0 aliphatic carbocycles. The quantitative estimate of drug-likeness (QED) is 0.490. The van der Waals surface area contributed by atoms with Crippen LogP contribution in [0.15, 0.2) is 0 Å². The second kappa shape index (κ2) is 7.41. The molecule has 1 heterocycles. The fraction of sp³-hybridized carbons (Fsp3) is 0.667. The van der Waals surface area contributed by atoms with Crippen LogP contribution >= 0.6 is 11.8 Å². The number of hydrogen-bond acceptors (Lipinski definition) is 8. The summed E-state index contributed by atoms with van der Waals surface area (Å²) in [5, 5.41) is 27.1. The molecule has 3 N–H and O–H groups in total. The lowest BCUT2D eigenvalue weighted by molar-refractivity contribution is -0.385. The number of aryl methyl sites for hydroxylation is 1. The molecule has 0 aromatic carbocycles. The first kappa shape index (κ1) is 17.4. The lowest BCUT2D eigenvalue weighted by Gasteiger charge is -2.22. The summed E-state index contributed by atoms with van der Waals surface area (Å²) in [6.07, 6.45) is 1.88. The van der Waals surface area contributed by atoms with E-state index in [4.69, 9.17) is 0 Å². The van der Waals surface area contributed by atoms with E-state index in [1.54, 1.807) is 13.8 Å². The maximum Gasteiger partial charge on any atom is 0.332 e. The van der Waals surface area contributed by atoms with Gasteiger partial charge < -0.3 is 15.7 Å². The SMILES string of the molecule is CCNc1nc(C)c([N+](=O)[O-])c(NCC(C)(O)CSC)n1. The second-order valence-corrected chi connectivity index (χ2v) is 5.77. The molecule has 0 saturated heterocycles. The molecule has 0 aliphatic rings. The summed E-state index contributed by atoms with van der Waals surface area (Å²) >= 11 is 1.50. The molecule has 9 heteroatoms. The number of nitro groups is 1. The number of aliphatic hydroxyl groups is 1. The van der Waals surface area contributed by atoms with Crippen molar-refractivity contribution in [2.45, 2.75) is 26.4 Å². The summed E-state index contributed by atoms with van der Waals surface area (Å²) < 4.78 is 0. The number of aromatic nitrogens is 2. The van der Waals surface area contributed by atoms with Crippen LogP contribution in [0.3, 0.4) is 0 Å². The molecule has 0 bridgehead atoms. The van der Waals surface area contributed by atoms with Gasteiger partial charge in [0.15, 0.2) is 0 Å². The summed E-state index contributed by atoms with van der Waals surface area (Å²) in [6.45, 7) is 5.89. The van der Waals surface area contributed by atoms with Gasteiger partial charge >= 0.3 is 5.69 Å². The van der Waals surface area contributed by atoms with E-state index in [0.717, 1.165) is 0 Å². The van der Waals surface area contributed by atoms with Crippen LogP contribution < -0.4 is 10.6 Å². The number of nitrogens with one attached hydrogen (secondary N) is 2. The van der Waals surface area contributed by atoms with E-state index in [1.807, 2.05) is 13.2 Å². The normalized spacial score (nSPS) is 13.6. The van der Waals surface area contributed by atoms with Gasteiger partial charge in [-0.2, -0.15) is 16.7 Å². The molecular weight excluding hydrogens is 294 g/mol. The minimum atomic E-state index is -0.982. The highest BCUT2D eigenvalue weighted by Crippen LogP contribution is 2.27. The maximum atomic E-state index is 11.2. The molecule has 1 atom stereocenters. The molecule has 1 unspecified atom stereocenters. The zero-order valence-electron chi connectivity index (χ0n) is 12.6. The van der Waals surface area contributed by atoms with E-state index in [0.29, 0.717) is 18.2 Å². The van der Waals surface area contributed by atoms with E-state index in [-0.39, 0.29) is 23.7 Å². The van der Waals surface area contributed by atoms with Crippen molar-refractivity contribution in [3.05, 3.63) is 15.8 Å². The van der Waals surface area contributed by atoms with Crippen LogP contribution in [-0.2, 0) is 0 Å². The van der Waals surface area contributed by atoms with E-state index in [9.17, 15) is 15.2 Å². The maximum absolute atomic E-state index is 11.2. The highest BCUT2D eigenvalue weighted by Gasteiger charge is 2.25. The topological polar surface area (TPSA) is 113 Å². The molecule has 0 amide bonds. The average molecular weight is 315 g/mol. The third-order valence-electron chi connectivity index (χ3n) is 2.67. The Balaban J connectivity index is 3.04. The Kier molecular flexibility index (Phi) is 6.16. The smallest absolute Gasteiger partial charge is 0.332 e. The molecule has 1 aromatic rings. The van der Waals surface area contributed by atoms with Gasteiger partial charge in [-0.15, -0.1) is 0 Å². The number of thioether (sulfide) groups is 1. The fourth-order valence-electron chi connectivity index (χ4n) is 1.78. The van der Waals surface area contributed by atoms with E-state index in [2.05, 4.69) is 20.6 Å². The highest BCUT2D eigenvalue weighted by molar-refractivity contribution is 7.98. The van der Waals surface area contributed by atoms with Crippen LogP contribution in [0.2, 0.25) is 0 Å². The van der Waals surface area contributed by atoms with Gasteiger partial charge in [0, 0.05) is 18.8 Å². The van der Waals surface area contributed by atoms with Crippen molar-refractivity contribution in [3.63, 3.8) is 0 Å². The fourth-order valence-corrected chi connectivity index (χ4v) is 2.51. The van der Waals surface area contributed by atoms with Gasteiger partial charge in [-0.3, -0.25) is 10.1 Å². The molecule has 118 valence electrons. The van der Waals surface area contributed by atoms with Crippen molar-refractivity contribution in [3.8, 4) is 0 Å². The molecule has 0 spiro atoms. The predicted octanol–water partition coefficient (Wildman–Crippen LogP) is 1.65. The monoisotopic (exact) mass is 315 g/mol. The standard InChI is InChI=1S/C12H21N5O3S/c1-5-13-11-15-8(2)9(17(19)20)10(16-11)14-6-12(3,18)7-21-4/h18H,5-7H2,1-4H3,(H2,13,14,15,16).